The highest BCUT2D eigenvalue weighted by atomic mass is 16.5. The van der Waals surface area contributed by atoms with Gasteiger partial charge in [0.15, 0.2) is 6.61 Å². The minimum absolute atomic E-state index is 0.0213. The van der Waals surface area contributed by atoms with Crippen molar-refractivity contribution in [3.63, 3.8) is 0 Å². The highest BCUT2D eigenvalue weighted by molar-refractivity contribution is 6.22. The number of benzene rings is 2. The van der Waals surface area contributed by atoms with Crippen LogP contribution in [0.1, 0.15) is 46.5 Å². The minimum Gasteiger partial charge on any atom is -0.454 e. The number of ether oxygens (including phenoxy) is 1. The van der Waals surface area contributed by atoms with Crippen molar-refractivity contribution < 1.29 is 23.9 Å². The predicted octanol–water partition coefficient (Wildman–Crippen LogP) is 3.19. The van der Waals surface area contributed by atoms with Gasteiger partial charge in [-0.3, -0.25) is 19.3 Å². The van der Waals surface area contributed by atoms with Gasteiger partial charge in [0.2, 0.25) is 0 Å². The molecule has 0 radical (unpaired) electrons. The number of esters is 1. The van der Waals surface area contributed by atoms with Crippen LogP contribution in [-0.2, 0) is 14.3 Å². The van der Waals surface area contributed by atoms with Crippen molar-refractivity contribution in [2.24, 2.45) is 5.92 Å². The average Bonchev–Trinajstić information content (AvgIpc) is 2.95. The molecule has 7 nitrogen and oxygen atoms in total. The van der Waals surface area contributed by atoms with Gasteiger partial charge in [0.1, 0.15) is 6.04 Å². The normalized spacial score (nSPS) is 13.9. The standard InChI is InChI=1S/C23H24N2O5/c1-14(2)11-19(25-21(27)17-9-4-5-10-18(17)22(25)28)23(29)30-13-20(26)24-16-8-6-7-15(3)12-16/h4-10,12,14,19H,11,13H2,1-3H3,(H,24,26)/t19-/m0/s1. The zero-order valence-corrected chi connectivity index (χ0v) is 17.2. The van der Waals surface area contributed by atoms with Crippen LogP contribution < -0.4 is 5.32 Å². The van der Waals surface area contributed by atoms with Crippen molar-refractivity contribution in [1.29, 1.82) is 0 Å². The van der Waals surface area contributed by atoms with E-state index < -0.39 is 36.3 Å². The molecule has 1 aliphatic rings. The summed E-state index contributed by atoms with van der Waals surface area (Å²) < 4.78 is 5.18. The van der Waals surface area contributed by atoms with E-state index in [9.17, 15) is 19.2 Å². The summed E-state index contributed by atoms with van der Waals surface area (Å²) in [6.07, 6.45) is 0.240. The Morgan fingerprint density at radius 1 is 1.00 bits per heavy atom. The fourth-order valence-corrected chi connectivity index (χ4v) is 3.40. The maximum absolute atomic E-state index is 12.8. The first-order chi connectivity index (χ1) is 14.3. The van der Waals surface area contributed by atoms with E-state index in [0.717, 1.165) is 10.5 Å². The van der Waals surface area contributed by atoms with Crippen molar-refractivity contribution in [2.75, 3.05) is 11.9 Å². The van der Waals surface area contributed by atoms with Crippen LogP contribution in [0, 0.1) is 12.8 Å². The number of carbonyl (C=O) groups excluding carboxylic acids is 4. The predicted molar refractivity (Wildman–Crippen MR) is 111 cm³/mol. The summed E-state index contributed by atoms with van der Waals surface area (Å²) in [6, 6.07) is 12.6. The third-order valence-corrected chi connectivity index (χ3v) is 4.75. The van der Waals surface area contributed by atoms with E-state index in [1.54, 1.807) is 42.5 Å². The molecule has 1 aliphatic heterocycles. The zero-order valence-electron chi connectivity index (χ0n) is 17.2. The number of rotatable bonds is 7. The first-order valence-electron chi connectivity index (χ1n) is 9.78. The van der Waals surface area contributed by atoms with E-state index in [0.29, 0.717) is 5.69 Å². The molecule has 3 rings (SSSR count). The van der Waals surface area contributed by atoms with E-state index in [-0.39, 0.29) is 23.5 Å². The topological polar surface area (TPSA) is 92.8 Å². The summed E-state index contributed by atoms with van der Waals surface area (Å²) in [6.45, 7) is 5.14. The van der Waals surface area contributed by atoms with Crippen molar-refractivity contribution in [3.05, 3.63) is 65.2 Å². The first kappa shape index (κ1) is 21.2. The molecule has 156 valence electrons. The van der Waals surface area contributed by atoms with Gasteiger partial charge in [-0.2, -0.15) is 0 Å². The van der Waals surface area contributed by atoms with Gasteiger partial charge >= 0.3 is 5.97 Å². The molecule has 0 aliphatic carbocycles. The molecular weight excluding hydrogens is 384 g/mol. The molecule has 0 saturated carbocycles. The summed E-state index contributed by atoms with van der Waals surface area (Å²) >= 11 is 0. The molecule has 1 N–H and O–H groups in total. The lowest BCUT2D eigenvalue weighted by Gasteiger charge is -2.25. The average molecular weight is 408 g/mol. The fourth-order valence-electron chi connectivity index (χ4n) is 3.40. The molecule has 0 spiro atoms. The molecule has 0 fully saturated rings. The highest BCUT2D eigenvalue weighted by Crippen LogP contribution is 2.27. The van der Waals surface area contributed by atoms with E-state index in [1.807, 2.05) is 26.8 Å². The second kappa shape index (κ2) is 8.90. The highest BCUT2D eigenvalue weighted by Gasteiger charge is 2.43. The van der Waals surface area contributed by atoms with Crippen LogP contribution in [0.3, 0.4) is 0 Å². The molecule has 0 unspecified atom stereocenters. The Kier molecular flexibility index (Phi) is 6.30. The third-order valence-electron chi connectivity index (χ3n) is 4.75. The summed E-state index contributed by atoms with van der Waals surface area (Å²) in [5.41, 5.74) is 2.10. The van der Waals surface area contributed by atoms with Gasteiger partial charge < -0.3 is 10.1 Å². The largest absolute Gasteiger partial charge is 0.454 e. The summed E-state index contributed by atoms with van der Waals surface area (Å²) in [7, 11) is 0. The molecular formula is C23H24N2O5. The summed E-state index contributed by atoms with van der Waals surface area (Å²) in [5.74, 6) is -2.31. The Hall–Kier alpha value is -3.48. The number of nitrogens with one attached hydrogen (secondary N) is 1. The Morgan fingerprint density at radius 3 is 2.20 bits per heavy atom. The van der Waals surface area contributed by atoms with Gasteiger partial charge in [0.05, 0.1) is 11.1 Å². The second-order valence-electron chi connectivity index (χ2n) is 7.70. The molecule has 2 aromatic carbocycles. The van der Waals surface area contributed by atoms with Crippen molar-refractivity contribution in [2.45, 2.75) is 33.2 Å². The third kappa shape index (κ3) is 4.56. The number of nitrogens with zero attached hydrogens (tertiary/aromatic N) is 1. The van der Waals surface area contributed by atoms with Crippen LogP contribution in [0.4, 0.5) is 5.69 Å². The lowest BCUT2D eigenvalue weighted by molar-refractivity contribution is -0.151. The summed E-state index contributed by atoms with van der Waals surface area (Å²) in [4.78, 5) is 51.4. The van der Waals surface area contributed by atoms with E-state index in [2.05, 4.69) is 5.32 Å². The Balaban J connectivity index is 1.70. The Morgan fingerprint density at radius 2 is 1.63 bits per heavy atom. The second-order valence-corrected chi connectivity index (χ2v) is 7.70. The lowest BCUT2D eigenvalue weighted by atomic mass is 10.0. The number of anilines is 1. The molecule has 0 aromatic heterocycles. The van der Waals surface area contributed by atoms with Gasteiger partial charge in [-0.1, -0.05) is 38.1 Å². The van der Waals surface area contributed by atoms with Crippen LogP contribution in [0.2, 0.25) is 0 Å². The van der Waals surface area contributed by atoms with E-state index in [1.165, 1.54) is 0 Å². The summed E-state index contributed by atoms with van der Waals surface area (Å²) in [5, 5.41) is 2.66. The molecule has 30 heavy (non-hydrogen) atoms. The quantitative estimate of drug-likeness (QED) is 0.561. The monoisotopic (exact) mass is 408 g/mol. The Labute approximate surface area is 175 Å². The van der Waals surface area contributed by atoms with Crippen LogP contribution in [-0.4, -0.2) is 41.2 Å². The molecule has 0 bridgehead atoms. The SMILES string of the molecule is Cc1cccc(NC(=O)COC(=O)[C@H](CC(C)C)N2C(=O)c3ccccc3C2=O)c1. The van der Waals surface area contributed by atoms with Crippen LogP contribution in [0.5, 0.6) is 0 Å². The number of aryl methyl sites for hydroxylation is 1. The van der Waals surface area contributed by atoms with Gasteiger partial charge in [-0.15, -0.1) is 0 Å². The fraction of sp³-hybridized carbons (Fsp3) is 0.304. The molecule has 0 saturated heterocycles. The van der Waals surface area contributed by atoms with Gasteiger partial charge in [-0.25, -0.2) is 4.79 Å². The first-order valence-corrected chi connectivity index (χ1v) is 9.78. The van der Waals surface area contributed by atoms with Crippen molar-refractivity contribution >= 4 is 29.4 Å². The number of hydrogen-bond acceptors (Lipinski definition) is 5. The molecule has 3 amide bonds. The zero-order chi connectivity index (χ0) is 21.8. The number of amides is 3. The van der Waals surface area contributed by atoms with E-state index in [4.69, 9.17) is 4.74 Å². The van der Waals surface area contributed by atoms with Gasteiger partial charge in [-0.05, 0) is 49.1 Å². The Bertz CT molecular complexity index is 964. The number of carbonyl (C=O) groups is 4. The lowest BCUT2D eigenvalue weighted by Crippen LogP contribution is -2.46. The maximum Gasteiger partial charge on any atom is 0.329 e. The molecule has 1 heterocycles. The minimum atomic E-state index is -1.09. The smallest absolute Gasteiger partial charge is 0.329 e. The number of hydrogen-bond donors (Lipinski definition) is 1. The van der Waals surface area contributed by atoms with Gasteiger partial charge in [0, 0.05) is 5.69 Å². The van der Waals surface area contributed by atoms with Crippen LogP contribution in [0.25, 0.3) is 0 Å². The molecule has 1 atom stereocenters. The maximum atomic E-state index is 12.8. The van der Waals surface area contributed by atoms with Gasteiger partial charge in [0.25, 0.3) is 17.7 Å². The van der Waals surface area contributed by atoms with E-state index >= 15 is 0 Å². The van der Waals surface area contributed by atoms with Crippen molar-refractivity contribution in [1.82, 2.24) is 4.90 Å². The van der Waals surface area contributed by atoms with Crippen LogP contribution in [0.15, 0.2) is 48.5 Å². The number of imide groups is 1. The number of fused-ring (bicyclic) bond motifs is 1. The van der Waals surface area contributed by atoms with Crippen LogP contribution >= 0.6 is 0 Å². The molecule has 2 aromatic rings. The molecule has 7 heteroatoms. The van der Waals surface area contributed by atoms with Crippen molar-refractivity contribution in [3.8, 4) is 0 Å².